The summed E-state index contributed by atoms with van der Waals surface area (Å²) in [5, 5.41) is 6.54. The van der Waals surface area contributed by atoms with Gasteiger partial charge in [0.15, 0.2) is 5.96 Å². The van der Waals surface area contributed by atoms with Crippen LogP contribution >= 0.6 is 24.0 Å². The summed E-state index contributed by atoms with van der Waals surface area (Å²) in [6.07, 6.45) is 4.00. The lowest BCUT2D eigenvalue weighted by Crippen LogP contribution is -2.38. The fourth-order valence-electron chi connectivity index (χ4n) is 2.76. The van der Waals surface area contributed by atoms with Crippen LogP contribution in [0.2, 0.25) is 0 Å². The first kappa shape index (κ1) is 21.1. The molecule has 27 heavy (non-hydrogen) atoms. The van der Waals surface area contributed by atoms with E-state index in [4.69, 9.17) is 0 Å². The second-order valence-electron chi connectivity index (χ2n) is 6.50. The molecule has 1 atom stereocenters. The van der Waals surface area contributed by atoms with E-state index < -0.39 is 0 Å². The Kier molecular flexibility index (Phi) is 7.18. The molecule has 7 heteroatoms. The first-order valence-corrected chi connectivity index (χ1v) is 8.63. The molecule has 2 aromatic heterocycles. The van der Waals surface area contributed by atoms with Crippen molar-refractivity contribution < 1.29 is 4.39 Å². The molecule has 144 valence electrons. The lowest BCUT2D eigenvalue weighted by atomic mass is 10.1. The van der Waals surface area contributed by atoms with E-state index in [2.05, 4.69) is 26.7 Å². The van der Waals surface area contributed by atoms with Gasteiger partial charge in [-0.2, -0.15) is 0 Å². The van der Waals surface area contributed by atoms with Crippen molar-refractivity contribution in [3.8, 4) is 0 Å². The van der Waals surface area contributed by atoms with Gasteiger partial charge in [0.25, 0.3) is 0 Å². The molecule has 3 rings (SSSR count). The maximum Gasteiger partial charge on any atom is 0.191 e. The van der Waals surface area contributed by atoms with Crippen LogP contribution < -0.4 is 10.6 Å². The van der Waals surface area contributed by atoms with Crippen LogP contribution in [0.25, 0.3) is 5.65 Å². The smallest absolute Gasteiger partial charge is 0.191 e. The molecular formula is C20H25FIN5. The van der Waals surface area contributed by atoms with Crippen LogP contribution in [0.1, 0.15) is 35.3 Å². The molecule has 1 unspecified atom stereocenters. The zero-order chi connectivity index (χ0) is 18.7. The van der Waals surface area contributed by atoms with E-state index >= 15 is 0 Å². The largest absolute Gasteiger partial charge is 0.351 e. The number of nitrogens with one attached hydrogen (secondary N) is 2. The monoisotopic (exact) mass is 481 g/mol. The van der Waals surface area contributed by atoms with Crippen LogP contribution in [-0.4, -0.2) is 22.4 Å². The van der Waals surface area contributed by atoms with Crippen molar-refractivity contribution in [3.63, 3.8) is 0 Å². The van der Waals surface area contributed by atoms with Gasteiger partial charge in [-0.15, -0.1) is 24.0 Å². The van der Waals surface area contributed by atoms with Gasteiger partial charge in [-0.1, -0.05) is 12.1 Å². The number of benzene rings is 1. The van der Waals surface area contributed by atoms with E-state index in [1.807, 2.05) is 42.8 Å². The summed E-state index contributed by atoms with van der Waals surface area (Å²) in [7, 11) is 1.71. The van der Waals surface area contributed by atoms with Gasteiger partial charge in [0, 0.05) is 19.4 Å². The molecule has 0 fully saturated rings. The summed E-state index contributed by atoms with van der Waals surface area (Å²) >= 11 is 0. The zero-order valence-corrected chi connectivity index (χ0v) is 18.3. The van der Waals surface area contributed by atoms with Gasteiger partial charge >= 0.3 is 0 Å². The minimum Gasteiger partial charge on any atom is -0.351 e. The molecule has 2 N–H and O–H groups in total. The van der Waals surface area contributed by atoms with Gasteiger partial charge in [0.05, 0.1) is 18.3 Å². The van der Waals surface area contributed by atoms with Crippen LogP contribution in [-0.2, 0) is 6.54 Å². The van der Waals surface area contributed by atoms with Crippen molar-refractivity contribution in [2.75, 3.05) is 7.05 Å². The highest BCUT2D eigenvalue weighted by Crippen LogP contribution is 2.16. The molecule has 0 amide bonds. The summed E-state index contributed by atoms with van der Waals surface area (Å²) in [4.78, 5) is 8.85. The van der Waals surface area contributed by atoms with Crippen molar-refractivity contribution in [2.24, 2.45) is 4.99 Å². The highest BCUT2D eigenvalue weighted by atomic mass is 127. The van der Waals surface area contributed by atoms with Gasteiger partial charge in [-0.05, 0) is 55.7 Å². The number of halogens is 2. The fraction of sp³-hybridized carbons (Fsp3) is 0.300. The van der Waals surface area contributed by atoms with Crippen molar-refractivity contribution in [1.82, 2.24) is 20.0 Å². The number of aryl methyl sites for hydroxylation is 2. The number of rotatable bonds is 4. The number of fused-ring (bicyclic) bond motifs is 1. The molecule has 2 heterocycles. The van der Waals surface area contributed by atoms with E-state index in [1.54, 1.807) is 26.1 Å². The normalized spacial score (nSPS) is 12.6. The molecule has 0 aliphatic rings. The first-order chi connectivity index (χ1) is 12.5. The number of pyridine rings is 1. The number of guanidine groups is 1. The fourth-order valence-corrected chi connectivity index (χ4v) is 2.76. The molecule has 0 spiro atoms. The second-order valence-corrected chi connectivity index (χ2v) is 6.50. The third-order valence-corrected chi connectivity index (χ3v) is 4.38. The SMILES string of the molecule is CN=C(NCc1cn2ccc(C)cc2n1)NC(C)c1ccc(C)c(F)c1.I. The average Bonchev–Trinajstić information content (AvgIpc) is 3.02. The molecule has 3 aromatic rings. The number of hydrogen-bond donors (Lipinski definition) is 2. The molecule has 1 aromatic carbocycles. The number of imidazole rings is 1. The topological polar surface area (TPSA) is 53.7 Å². The summed E-state index contributed by atoms with van der Waals surface area (Å²) in [6.45, 7) is 6.34. The maximum atomic E-state index is 13.8. The molecule has 0 radical (unpaired) electrons. The van der Waals surface area contributed by atoms with Gasteiger partial charge in [0.2, 0.25) is 0 Å². The zero-order valence-electron chi connectivity index (χ0n) is 16.0. The predicted molar refractivity (Wildman–Crippen MR) is 118 cm³/mol. The molecular weight excluding hydrogens is 456 g/mol. The summed E-state index contributed by atoms with van der Waals surface area (Å²) in [6, 6.07) is 9.30. The standard InChI is InChI=1S/C20H24FN5.HI/c1-13-7-8-26-12-17(25-19(26)9-13)11-23-20(22-4)24-15(3)16-6-5-14(2)18(21)10-16;/h5-10,12,15H,11H2,1-4H3,(H2,22,23,24);1H. The third-order valence-electron chi connectivity index (χ3n) is 4.38. The Bertz CT molecular complexity index is 951. The summed E-state index contributed by atoms with van der Waals surface area (Å²) in [5.41, 5.74) is 4.55. The molecule has 0 aliphatic heterocycles. The van der Waals surface area contributed by atoms with Crippen molar-refractivity contribution in [1.29, 1.82) is 0 Å². The third kappa shape index (κ3) is 5.18. The van der Waals surface area contributed by atoms with Crippen molar-refractivity contribution in [3.05, 3.63) is 70.9 Å². The Morgan fingerprint density at radius 1 is 1.26 bits per heavy atom. The van der Waals surface area contributed by atoms with Crippen molar-refractivity contribution in [2.45, 2.75) is 33.4 Å². The number of nitrogens with zero attached hydrogens (tertiary/aromatic N) is 3. The average molecular weight is 481 g/mol. The lowest BCUT2D eigenvalue weighted by molar-refractivity contribution is 0.607. The highest BCUT2D eigenvalue weighted by molar-refractivity contribution is 14.0. The van der Waals surface area contributed by atoms with Crippen LogP contribution in [0.5, 0.6) is 0 Å². The van der Waals surface area contributed by atoms with E-state index in [-0.39, 0.29) is 35.8 Å². The van der Waals surface area contributed by atoms with Gasteiger partial charge < -0.3 is 15.0 Å². The first-order valence-electron chi connectivity index (χ1n) is 8.63. The summed E-state index contributed by atoms with van der Waals surface area (Å²) in [5.74, 6) is 0.450. The summed E-state index contributed by atoms with van der Waals surface area (Å²) < 4.78 is 15.8. The molecule has 0 bridgehead atoms. The van der Waals surface area contributed by atoms with Crippen LogP contribution in [0, 0.1) is 19.7 Å². The van der Waals surface area contributed by atoms with E-state index in [0.29, 0.717) is 18.1 Å². The number of aromatic nitrogens is 2. The predicted octanol–water partition coefficient (Wildman–Crippen LogP) is 4.13. The Morgan fingerprint density at radius 2 is 2.04 bits per heavy atom. The van der Waals surface area contributed by atoms with Crippen LogP contribution in [0.4, 0.5) is 4.39 Å². The van der Waals surface area contributed by atoms with Crippen LogP contribution in [0.3, 0.4) is 0 Å². The Balaban J connectivity index is 0.00000261. The van der Waals surface area contributed by atoms with Gasteiger partial charge in [-0.3, -0.25) is 4.99 Å². The van der Waals surface area contributed by atoms with E-state index in [9.17, 15) is 4.39 Å². The quantitative estimate of drug-likeness (QED) is 0.335. The Hall–Kier alpha value is -2.16. The Morgan fingerprint density at radius 3 is 2.74 bits per heavy atom. The maximum absolute atomic E-state index is 13.8. The molecule has 0 aliphatic carbocycles. The van der Waals surface area contributed by atoms with E-state index in [1.165, 1.54) is 5.56 Å². The molecule has 0 saturated heterocycles. The Labute approximate surface area is 176 Å². The van der Waals surface area contributed by atoms with Gasteiger partial charge in [-0.25, -0.2) is 9.37 Å². The number of aliphatic imine (C=N–C) groups is 1. The van der Waals surface area contributed by atoms with E-state index in [0.717, 1.165) is 16.9 Å². The molecule has 5 nitrogen and oxygen atoms in total. The number of hydrogen-bond acceptors (Lipinski definition) is 2. The van der Waals surface area contributed by atoms with Crippen LogP contribution in [0.15, 0.2) is 47.7 Å². The lowest BCUT2D eigenvalue weighted by Gasteiger charge is -2.18. The minimum absolute atomic E-state index is 0. The second kappa shape index (κ2) is 9.16. The van der Waals surface area contributed by atoms with Gasteiger partial charge in [0.1, 0.15) is 11.5 Å². The highest BCUT2D eigenvalue weighted by Gasteiger charge is 2.10. The molecule has 0 saturated carbocycles. The van der Waals surface area contributed by atoms with Crippen molar-refractivity contribution >= 4 is 35.6 Å². The minimum atomic E-state index is -0.195.